The molecule has 106 valence electrons. The second-order valence-corrected chi connectivity index (χ2v) is 6.65. The lowest BCUT2D eigenvalue weighted by molar-refractivity contribution is 0.0683. The van der Waals surface area contributed by atoms with E-state index in [1.807, 2.05) is 17.0 Å². The molecular formula is C14H18BrClINO. The molecule has 0 saturated carbocycles. The first-order valence-corrected chi connectivity index (χ1v) is 8.94. The van der Waals surface area contributed by atoms with Crippen molar-refractivity contribution in [2.75, 3.05) is 11.9 Å². The van der Waals surface area contributed by atoms with Gasteiger partial charge >= 0.3 is 0 Å². The third-order valence-corrected chi connectivity index (χ3v) is 5.06. The SMILES string of the molecule is CCC(CC)N(CCBr)C(=O)c1ccc(I)c(Cl)c1. The third-order valence-electron chi connectivity index (χ3n) is 3.14. The smallest absolute Gasteiger partial charge is 0.254 e. The first kappa shape index (κ1) is 17.2. The Hall–Kier alpha value is 0.190. The molecule has 0 aliphatic carbocycles. The van der Waals surface area contributed by atoms with Crippen LogP contribution in [-0.2, 0) is 0 Å². The van der Waals surface area contributed by atoms with Crippen molar-refractivity contribution in [3.05, 3.63) is 32.4 Å². The molecule has 5 heteroatoms. The summed E-state index contributed by atoms with van der Waals surface area (Å²) in [5.74, 6) is 0.0615. The molecule has 0 aromatic heterocycles. The van der Waals surface area contributed by atoms with Crippen LogP contribution in [0.2, 0.25) is 5.02 Å². The Morgan fingerprint density at radius 3 is 2.53 bits per heavy atom. The Balaban J connectivity index is 3.01. The summed E-state index contributed by atoms with van der Waals surface area (Å²) in [4.78, 5) is 14.5. The molecular weight excluding hydrogens is 440 g/mol. The van der Waals surface area contributed by atoms with Gasteiger partial charge in [0.05, 0.1) is 5.02 Å². The highest BCUT2D eigenvalue weighted by Gasteiger charge is 2.22. The van der Waals surface area contributed by atoms with E-state index < -0.39 is 0 Å². The third kappa shape index (κ3) is 4.60. The molecule has 1 aromatic rings. The number of carbonyl (C=O) groups excluding carboxylic acids is 1. The Kier molecular flexibility index (Phi) is 7.69. The number of benzene rings is 1. The van der Waals surface area contributed by atoms with Crippen LogP contribution in [0.1, 0.15) is 37.0 Å². The maximum absolute atomic E-state index is 12.6. The molecule has 0 N–H and O–H groups in total. The molecule has 19 heavy (non-hydrogen) atoms. The highest BCUT2D eigenvalue weighted by molar-refractivity contribution is 14.1. The van der Waals surface area contributed by atoms with E-state index in [-0.39, 0.29) is 11.9 Å². The van der Waals surface area contributed by atoms with E-state index in [1.54, 1.807) is 6.07 Å². The van der Waals surface area contributed by atoms with Gasteiger partial charge in [0.15, 0.2) is 0 Å². The topological polar surface area (TPSA) is 20.3 Å². The van der Waals surface area contributed by atoms with Crippen LogP contribution in [0, 0.1) is 3.57 Å². The van der Waals surface area contributed by atoms with Crippen molar-refractivity contribution in [3.8, 4) is 0 Å². The molecule has 0 aliphatic heterocycles. The summed E-state index contributed by atoms with van der Waals surface area (Å²) in [6, 6.07) is 5.77. The van der Waals surface area contributed by atoms with Gasteiger partial charge in [0.2, 0.25) is 0 Å². The number of nitrogens with zero attached hydrogens (tertiary/aromatic N) is 1. The maximum Gasteiger partial charge on any atom is 0.254 e. The molecule has 0 heterocycles. The van der Waals surface area contributed by atoms with Crippen molar-refractivity contribution in [3.63, 3.8) is 0 Å². The number of carbonyl (C=O) groups is 1. The molecule has 1 aromatic carbocycles. The summed E-state index contributed by atoms with van der Waals surface area (Å²) in [5.41, 5.74) is 0.665. The van der Waals surface area contributed by atoms with Gasteiger partial charge in [-0.15, -0.1) is 0 Å². The Morgan fingerprint density at radius 2 is 2.05 bits per heavy atom. The van der Waals surface area contributed by atoms with Crippen LogP contribution in [0.4, 0.5) is 0 Å². The fourth-order valence-corrected chi connectivity index (χ4v) is 2.96. The van der Waals surface area contributed by atoms with Gasteiger partial charge in [-0.3, -0.25) is 4.79 Å². The van der Waals surface area contributed by atoms with E-state index in [2.05, 4.69) is 52.4 Å². The fourth-order valence-electron chi connectivity index (χ4n) is 2.07. The van der Waals surface area contributed by atoms with E-state index in [0.717, 1.165) is 28.3 Å². The maximum atomic E-state index is 12.6. The minimum absolute atomic E-state index is 0.0615. The minimum Gasteiger partial charge on any atom is -0.335 e. The van der Waals surface area contributed by atoms with Crippen LogP contribution < -0.4 is 0 Å². The summed E-state index contributed by atoms with van der Waals surface area (Å²) < 4.78 is 0.963. The van der Waals surface area contributed by atoms with Gasteiger partial charge in [0.1, 0.15) is 0 Å². The zero-order valence-corrected chi connectivity index (χ0v) is 15.6. The number of alkyl halides is 1. The van der Waals surface area contributed by atoms with Crippen LogP contribution >= 0.6 is 50.1 Å². The van der Waals surface area contributed by atoms with Crippen molar-refractivity contribution < 1.29 is 4.79 Å². The van der Waals surface area contributed by atoms with Gasteiger partial charge in [-0.25, -0.2) is 0 Å². The van der Waals surface area contributed by atoms with Crippen LogP contribution in [0.15, 0.2) is 18.2 Å². The molecule has 2 nitrogen and oxygen atoms in total. The molecule has 0 spiro atoms. The molecule has 1 amide bonds. The van der Waals surface area contributed by atoms with E-state index in [4.69, 9.17) is 11.6 Å². The lowest BCUT2D eigenvalue weighted by atomic mass is 10.1. The van der Waals surface area contributed by atoms with Gasteiger partial charge in [-0.2, -0.15) is 0 Å². The van der Waals surface area contributed by atoms with Gasteiger partial charge in [0.25, 0.3) is 5.91 Å². The van der Waals surface area contributed by atoms with E-state index in [9.17, 15) is 4.79 Å². The van der Waals surface area contributed by atoms with Crippen molar-refractivity contribution in [1.82, 2.24) is 4.90 Å². The van der Waals surface area contributed by atoms with Crippen LogP contribution in [0.25, 0.3) is 0 Å². The quantitative estimate of drug-likeness (QED) is 0.435. The van der Waals surface area contributed by atoms with Gasteiger partial charge in [-0.05, 0) is 53.6 Å². The molecule has 0 saturated heterocycles. The fraction of sp³-hybridized carbons (Fsp3) is 0.500. The number of hydrogen-bond donors (Lipinski definition) is 0. The lowest BCUT2D eigenvalue weighted by Crippen LogP contribution is -2.41. The minimum atomic E-state index is 0.0615. The Morgan fingerprint density at radius 1 is 1.42 bits per heavy atom. The van der Waals surface area contributed by atoms with Crippen molar-refractivity contribution in [2.45, 2.75) is 32.7 Å². The van der Waals surface area contributed by atoms with E-state index in [0.29, 0.717) is 10.6 Å². The summed E-state index contributed by atoms with van der Waals surface area (Å²) in [5, 5.41) is 1.42. The zero-order chi connectivity index (χ0) is 14.4. The average Bonchev–Trinajstić information content (AvgIpc) is 2.41. The van der Waals surface area contributed by atoms with E-state index >= 15 is 0 Å². The second kappa shape index (κ2) is 8.47. The molecule has 0 radical (unpaired) electrons. The van der Waals surface area contributed by atoms with Crippen LogP contribution in [0.5, 0.6) is 0 Å². The monoisotopic (exact) mass is 457 g/mol. The number of amides is 1. The molecule has 0 aliphatic rings. The molecule has 0 atom stereocenters. The van der Waals surface area contributed by atoms with Gasteiger partial charge in [0, 0.05) is 27.1 Å². The van der Waals surface area contributed by atoms with Gasteiger partial charge in [-0.1, -0.05) is 41.4 Å². The molecule has 0 unspecified atom stereocenters. The number of hydrogen-bond acceptors (Lipinski definition) is 1. The molecule has 0 bridgehead atoms. The number of rotatable bonds is 6. The Bertz CT molecular complexity index is 437. The van der Waals surface area contributed by atoms with Crippen molar-refractivity contribution in [1.29, 1.82) is 0 Å². The normalized spacial score (nSPS) is 10.8. The van der Waals surface area contributed by atoms with Crippen LogP contribution in [-0.4, -0.2) is 28.7 Å². The van der Waals surface area contributed by atoms with Crippen LogP contribution in [0.3, 0.4) is 0 Å². The standard InChI is InChI=1S/C14H18BrClINO/c1-3-11(4-2)18(8-7-15)14(19)10-5-6-13(17)12(16)9-10/h5-6,9,11H,3-4,7-8H2,1-2H3. The summed E-state index contributed by atoms with van der Waals surface area (Å²) in [7, 11) is 0. The first-order chi connectivity index (χ1) is 9.04. The molecule has 0 fully saturated rings. The number of halogens is 3. The summed E-state index contributed by atoms with van der Waals surface area (Å²) in [6.07, 6.45) is 1.93. The first-order valence-electron chi connectivity index (χ1n) is 6.37. The Labute approximate surface area is 142 Å². The average molecular weight is 459 g/mol. The highest BCUT2D eigenvalue weighted by Crippen LogP contribution is 2.22. The second-order valence-electron chi connectivity index (χ2n) is 4.29. The van der Waals surface area contributed by atoms with Crippen molar-refractivity contribution in [2.24, 2.45) is 0 Å². The largest absolute Gasteiger partial charge is 0.335 e. The summed E-state index contributed by atoms with van der Waals surface area (Å²) in [6.45, 7) is 4.95. The van der Waals surface area contributed by atoms with E-state index in [1.165, 1.54) is 0 Å². The predicted molar refractivity (Wildman–Crippen MR) is 93.4 cm³/mol. The molecule has 1 rings (SSSR count). The lowest BCUT2D eigenvalue weighted by Gasteiger charge is -2.30. The highest BCUT2D eigenvalue weighted by atomic mass is 127. The van der Waals surface area contributed by atoms with Crippen molar-refractivity contribution >= 4 is 56.0 Å². The predicted octanol–water partition coefficient (Wildman–Crippen LogP) is 4.97. The van der Waals surface area contributed by atoms with Gasteiger partial charge < -0.3 is 4.90 Å². The summed E-state index contributed by atoms with van der Waals surface area (Å²) >= 11 is 11.7. The zero-order valence-electron chi connectivity index (χ0n) is 11.1.